The molecule has 0 fully saturated rings. The molecule has 0 bridgehead atoms. The molecular formula is C8H9Cl2NO3. The first-order valence-corrected chi connectivity index (χ1v) is 4.67. The van der Waals surface area contributed by atoms with Crippen LogP contribution < -0.4 is 5.73 Å². The second-order valence-corrected chi connectivity index (χ2v) is 2.41. The molecule has 1 aromatic rings. The van der Waals surface area contributed by atoms with Crippen LogP contribution in [-0.2, 0) is 4.79 Å². The molecule has 0 heterocycles. The lowest BCUT2D eigenvalue weighted by molar-refractivity contribution is -0.138. The zero-order valence-corrected chi connectivity index (χ0v) is 8.53. The van der Waals surface area contributed by atoms with Crippen molar-refractivity contribution in [2.75, 3.05) is 0 Å². The van der Waals surface area contributed by atoms with Crippen molar-refractivity contribution in [3.63, 3.8) is 0 Å². The number of hydrogen-bond acceptors (Lipinski definition) is 3. The zero-order valence-electron chi connectivity index (χ0n) is 7.02. The number of carboxylic acids is 1. The van der Waals surface area contributed by atoms with E-state index >= 15 is 0 Å². The number of halogens is 2. The number of aliphatic carboxylic acids is 1. The number of carboxylic acid groups (broad SMARTS) is 1. The number of phenols is 1. The van der Waals surface area contributed by atoms with Crippen molar-refractivity contribution in [3.8, 4) is 5.75 Å². The lowest BCUT2D eigenvalue weighted by Crippen LogP contribution is -2.20. The van der Waals surface area contributed by atoms with Gasteiger partial charge in [-0.15, -0.1) is 0 Å². The molecule has 14 heavy (non-hydrogen) atoms. The van der Waals surface area contributed by atoms with Gasteiger partial charge in [-0.05, 0) is 17.7 Å². The van der Waals surface area contributed by atoms with Gasteiger partial charge < -0.3 is 15.9 Å². The van der Waals surface area contributed by atoms with Crippen molar-refractivity contribution in [2.24, 2.45) is 5.73 Å². The Balaban J connectivity index is 0.000000791. The Kier molecular flexibility index (Phi) is 6.03. The van der Waals surface area contributed by atoms with Gasteiger partial charge in [0, 0.05) is 21.7 Å². The Labute approximate surface area is 90.5 Å². The number of nitrogens with two attached hydrogens (primary N) is 1. The average molecular weight is 238 g/mol. The maximum atomic E-state index is 10.4. The van der Waals surface area contributed by atoms with E-state index in [4.69, 9.17) is 15.9 Å². The predicted molar refractivity (Wildman–Crippen MR) is 54.4 cm³/mol. The van der Waals surface area contributed by atoms with Gasteiger partial charge in [0.1, 0.15) is 11.8 Å². The van der Waals surface area contributed by atoms with Crippen molar-refractivity contribution < 1.29 is 15.0 Å². The summed E-state index contributed by atoms with van der Waals surface area (Å²) in [6.45, 7) is 0. The summed E-state index contributed by atoms with van der Waals surface area (Å²) in [5, 5.41) is 17.4. The van der Waals surface area contributed by atoms with Gasteiger partial charge in [0.25, 0.3) is 0 Å². The summed E-state index contributed by atoms with van der Waals surface area (Å²) in [7, 11) is 8.22. The smallest absolute Gasteiger partial charge is 0.325 e. The van der Waals surface area contributed by atoms with E-state index in [2.05, 4.69) is 21.7 Å². The van der Waals surface area contributed by atoms with E-state index in [0.717, 1.165) is 0 Å². The molecule has 0 saturated carbocycles. The van der Waals surface area contributed by atoms with Gasteiger partial charge >= 0.3 is 5.97 Å². The number of hydrogen-bond donors (Lipinski definition) is 3. The van der Waals surface area contributed by atoms with E-state index in [9.17, 15) is 4.79 Å². The highest BCUT2D eigenvalue weighted by atomic mass is 36.5. The van der Waals surface area contributed by atoms with Crippen molar-refractivity contribution in [2.45, 2.75) is 6.04 Å². The lowest BCUT2D eigenvalue weighted by Gasteiger charge is -2.05. The van der Waals surface area contributed by atoms with Crippen LogP contribution in [0, 0.1) is 0 Å². The Hall–Kier alpha value is -0.970. The second-order valence-electron chi connectivity index (χ2n) is 2.41. The third kappa shape index (κ3) is 3.83. The molecule has 0 aliphatic rings. The van der Waals surface area contributed by atoms with Gasteiger partial charge in [-0.25, -0.2) is 0 Å². The Morgan fingerprint density at radius 3 is 2.07 bits per heavy atom. The zero-order chi connectivity index (χ0) is 11.1. The molecular weight excluding hydrogens is 229 g/mol. The van der Waals surface area contributed by atoms with Gasteiger partial charge in [-0.1, -0.05) is 12.1 Å². The normalized spacial score (nSPS) is 11.1. The summed E-state index contributed by atoms with van der Waals surface area (Å²) in [6.07, 6.45) is 0. The summed E-state index contributed by atoms with van der Waals surface area (Å²) in [5.74, 6) is -0.989. The molecule has 0 radical (unpaired) electrons. The van der Waals surface area contributed by atoms with E-state index in [1.54, 1.807) is 0 Å². The minimum atomic E-state index is -1.08. The molecule has 0 aliphatic heterocycles. The van der Waals surface area contributed by atoms with Gasteiger partial charge in [0.15, 0.2) is 0 Å². The molecule has 0 amide bonds. The van der Waals surface area contributed by atoms with E-state index in [1.165, 1.54) is 24.3 Å². The van der Waals surface area contributed by atoms with Crippen molar-refractivity contribution >= 4 is 27.7 Å². The van der Waals surface area contributed by atoms with Crippen molar-refractivity contribution in [1.29, 1.82) is 0 Å². The molecule has 1 unspecified atom stereocenters. The second kappa shape index (κ2) is 6.48. The highest BCUT2D eigenvalue weighted by molar-refractivity contribution is 6.85. The van der Waals surface area contributed by atoms with Crippen LogP contribution in [0.2, 0.25) is 0 Å². The number of phenolic OH excluding ortho intramolecular Hbond substituents is 1. The Morgan fingerprint density at radius 1 is 1.29 bits per heavy atom. The summed E-state index contributed by atoms with van der Waals surface area (Å²) in [4.78, 5) is 10.4. The third-order valence-electron chi connectivity index (χ3n) is 1.52. The number of rotatable bonds is 2. The lowest BCUT2D eigenvalue weighted by atomic mass is 10.1. The van der Waals surface area contributed by atoms with Crippen molar-refractivity contribution in [1.82, 2.24) is 0 Å². The topological polar surface area (TPSA) is 83.6 Å². The minimum Gasteiger partial charge on any atom is -0.508 e. The van der Waals surface area contributed by atoms with E-state index in [1.807, 2.05) is 0 Å². The number of aromatic hydroxyl groups is 1. The summed E-state index contributed by atoms with van der Waals surface area (Å²) in [6, 6.07) is 4.74. The van der Waals surface area contributed by atoms with Crippen LogP contribution >= 0.6 is 21.7 Å². The van der Waals surface area contributed by atoms with Crippen LogP contribution in [0.1, 0.15) is 11.6 Å². The van der Waals surface area contributed by atoms with Crippen LogP contribution in [0.25, 0.3) is 0 Å². The molecule has 0 aromatic heterocycles. The van der Waals surface area contributed by atoms with Crippen LogP contribution in [0.15, 0.2) is 24.3 Å². The molecule has 4 nitrogen and oxygen atoms in total. The van der Waals surface area contributed by atoms with Gasteiger partial charge in [-0.2, -0.15) is 0 Å². The van der Waals surface area contributed by atoms with Crippen molar-refractivity contribution in [3.05, 3.63) is 29.8 Å². The van der Waals surface area contributed by atoms with Crippen LogP contribution in [-0.4, -0.2) is 16.2 Å². The van der Waals surface area contributed by atoms with E-state index in [0.29, 0.717) is 5.56 Å². The Bertz CT molecular complexity index is 289. The molecule has 6 heteroatoms. The fourth-order valence-corrected chi connectivity index (χ4v) is 0.824. The van der Waals surface area contributed by atoms with Crippen LogP contribution in [0.5, 0.6) is 5.75 Å². The molecule has 78 valence electrons. The highest BCUT2D eigenvalue weighted by Gasteiger charge is 2.13. The highest BCUT2D eigenvalue weighted by Crippen LogP contribution is 2.14. The molecule has 1 aromatic carbocycles. The summed E-state index contributed by atoms with van der Waals surface area (Å²) in [5.41, 5.74) is 5.78. The molecule has 4 N–H and O–H groups in total. The number of carbonyl (C=O) groups is 1. The van der Waals surface area contributed by atoms with E-state index in [-0.39, 0.29) is 5.75 Å². The minimum absolute atomic E-state index is 0.0938. The first-order valence-electron chi connectivity index (χ1n) is 3.53. The van der Waals surface area contributed by atoms with Crippen LogP contribution in [0.4, 0.5) is 0 Å². The monoisotopic (exact) mass is 237 g/mol. The largest absolute Gasteiger partial charge is 0.508 e. The van der Waals surface area contributed by atoms with Gasteiger partial charge in [0.2, 0.25) is 0 Å². The standard InChI is InChI=1S/C8H9NO3.Cl2/c9-7(8(11)12)5-1-3-6(10)4-2-5;1-2/h1-4,7,10H,9H2,(H,11,12);. The maximum Gasteiger partial charge on any atom is 0.325 e. The molecule has 1 atom stereocenters. The Morgan fingerprint density at radius 2 is 1.71 bits per heavy atom. The average Bonchev–Trinajstić information content (AvgIpc) is 2.21. The summed E-state index contributed by atoms with van der Waals surface area (Å²) >= 11 is 0. The first-order chi connectivity index (χ1) is 6.61. The summed E-state index contributed by atoms with van der Waals surface area (Å²) < 4.78 is 0. The quantitative estimate of drug-likeness (QED) is 0.734. The SMILES string of the molecule is ClCl.NC(C(=O)O)c1ccc(O)cc1. The van der Waals surface area contributed by atoms with E-state index < -0.39 is 12.0 Å². The third-order valence-corrected chi connectivity index (χ3v) is 1.52. The van der Waals surface area contributed by atoms with Gasteiger partial charge in [-0.3, -0.25) is 4.79 Å². The molecule has 0 saturated heterocycles. The van der Waals surface area contributed by atoms with Gasteiger partial charge in [0.05, 0.1) is 0 Å². The number of benzene rings is 1. The molecule has 0 aliphatic carbocycles. The predicted octanol–water partition coefficient (Wildman–Crippen LogP) is 1.86. The first kappa shape index (κ1) is 13.0. The maximum absolute atomic E-state index is 10.4. The fraction of sp³-hybridized carbons (Fsp3) is 0.125. The fourth-order valence-electron chi connectivity index (χ4n) is 0.824. The molecule has 1 rings (SSSR count). The van der Waals surface area contributed by atoms with Crippen LogP contribution in [0.3, 0.4) is 0 Å². The molecule has 0 spiro atoms.